The van der Waals surface area contributed by atoms with Crippen LogP contribution in [0.2, 0.25) is 0 Å². The fourth-order valence-corrected chi connectivity index (χ4v) is 3.92. The van der Waals surface area contributed by atoms with Crippen molar-refractivity contribution < 1.29 is 14.6 Å². The predicted octanol–water partition coefficient (Wildman–Crippen LogP) is 3.73. The van der Waals surface area contributed by atoms with E-state index in [0.717, 1.165) is 30.6 Å². The molecule has 2 aromatic rings. The number of hydrogen-bond donors (Lipinski definition) is 3. The third-order valence-electron chi connectivity index (χ3n) is 4.45. The van der Waals surface area contributed by atoms with E-state index in [0.29, 0.717) is 11.6 Å². The predicted molar refractivity (Wildman–Crippen MR) is 113 cm³/mol. The van der Waals surface area contributed by atoms with Crippen LogP contribution in [0.5, 0.6) is 5.88 Å². The first-order valence-corrected chi connectivity index (χ1v) is 10.4. The molecule has 1 aliphatic rings. The molecule has 0 saturated heterocycles. The summed E-state index contributed by atoms with van der Waals surface area (Å²) < 4.78 is 5.80. The SMILES string of the molecule is CC(C)(C)C#Cc1cc(N[C@H]2CC[C@H](Oc3cc[nH]c(=O)n3)CC2)c(C(=O)O)s1. The van der Waals surface area contributed by atoms with Crippen molar-refractivity contribution in [1.82, 2.24) is 9.97 Å². The summed E-state index contributed by atoms with van der Waals surface area (Å²) in [6, 6.07) is 3.63. The fraction of sp³-hybridized carbons (Fsp3) is 0.476. The first kappa shape index (κ1) is 20.9. The van der Waals surface area contributed by atoms with Crippen LogP contribution >= 0.6 is 11.3 Å². The van der Waals surface area contributed by atoms with Crippen molar-refractivity contribution in [3.63, 3.8) is 0 Å². The molecule has 1 fully saturated rings. The number of ether oxygens (including phenoxy) is 1. The number of nitrogens with zero attached hydrogens (tertiary/aromatic N) is 1. The van der Waals surface area contributed by atoms with Crippen LogP contribution in [-0.4, -0.2) is 33.2 Å². The molecule has 0 atom stereocenters. The van der Waals surface area contributed by atoms with Crippen molar-refractivity contribution in [2.45, 2.75) is 58.6 Å². The van der Waals surface area contributed by atoms with Gasteiger partial charge in [-0.05, 0) is 52.5 Å². The standard InChI is InChI=1S/C21H25N3O4S/c1-21(2,3)10-8-15-12-16(18(29-15)19(25)26)23-13-4-6-14(7-5-13)28-17-9-11-22-20(27)24-17/h9,11-14,23H,4-7H2,1-3H3,(H,25,26)(H,22,24,27)/t13-,14-. The van der Waals surface area contributed by atoms with Gasteiger partial charge in [-0.25, -0.2) is 9.59 Å². The molecule has 154 valence electrons. The maximum absolute atomic E-state index is 11.6. The van der Waals surface area contributed by atoms with Crippen molar-refractivity contribution in [1.29, 1.82) is 0 Å². The van der Waals surface area contributed by atoms with Crippen LogP contribution in [0.15, 0.2) is 23.1 Å². The second-order valence-corrected chi connectivity index (χ2v) is 9.18. The summed E-state index contributed by atoms with van der Waals surface area (Å²) >= 11 is 1.20. The molecule has 3 N–H and O–H groups in total. The molecule has 7 nitrogen and oxygen atoms in total. The van der Waals surface area contributed by atoms with Crippen LogP contribution in [0.1, 0.15) is 61.0 Å². The molecule has 1 saturated carbocycles. The average molecular weight is 416 g/mol. The smallest absolute Gasteiger partial charge is 0.348 e. The van der Waals surface area contributed by atoms with Crippen molar-refractivity contribution in [3.8, 4) is 17.7 Å². The Kier molecular flexibility index (Phi) is 6.28. The van der Waals surface area contributed by atoms with E-state index in [9.17, 15) is 14.7 Å². The normalized spacial score (nSPS) is 19.1. The molecule has 0 radical (unpaired) electrons. The number of carboxylic acids is 1. The van der Waals surface area contributed by atoms with E-state index >= 15 is 0 Å². The monoisotopic (exact) mass is 415 g/mol. The van der Waals surface area contributed by atoms with E-state index in [1.807, 2.05) is 26.8 Å². The fourth-order valence-electron chi connectivity index (χ4n) is 3.10. The first-order chi connectivity index (χ1) is 13.7. The summed E-state index contributed by atoms with van der Waals surface area (Å²) in [5.74, 6) is 5.62. The lowest BCUT2D eigenvalue weighted by Gasteiger charge is -2.29. The number of nitrogens with one attached hydrogen (secondary N) is 2. The number of aromatic carboxylic acids is 1. The van der Waals surface area contributed by atoms with Gasteiger partial charge in [0.1, 0.15) is 11.0 Å². The Bertz CT molecular complexity index is 986. The van der Waals surface area contributed by atoms with Gasteiger partial charge in [0.05, 0.1) is 10.6 Å². The van der Waals surface area contributed by atoms with Crippen molar-refractivity contribution in [3.05, 3.63) is 38.6 Å². The van der Waals surface area contributed by atoms with Crippen molar-refractivity contribution in [2.75, 3.05) is 5.32 Å². The average Bonchev–Trinajstić information content (AvgIpc) is 3.04. The molecule has 0 unspecified atom stereocenters. The first-order valence-electron chi connectivity index (χ1n) is 9.59. The third kappa shape index (κ3) is 6.09. The van der Waals surface area contributed by atoms with E-state index in [-0.39, 0.29) is 22.4 Å². The number of aromatic nitrogens is 2. The summed E-state index contributed by atoms with van der Waals surface area (Å²) in [7, 11) is 0. The number of anilines is 1. The van der Waals surface area contributed by atoms with E-state index in [2.05, 4.69) is 27.1 Å². The third-order valence-corrected chi connectivity index (χ3v) is 5.49. The van der Waals surface area contributed by atoms with Gasteiger partial charge in [-0.1, -0.05) is 11.8 Å². The largest absolute Gasteiger partial charge is 0.477 e. The number of H-pyrrole nitrogens is 1. The minimum absolute atomic E-state index is 0.00279. The van der Waals surface area contributed by atoms with Crippen LogP contribution < -0.4 is 15.7 Å². The molecule has 0 aliphatic heterocycles. The maximum atomic E-state index is 11.6. The lowest BCUT2D eigenvalue weighted by atomic mass is 9.92. The van der Waals surface area contributed by atoms with Gasteiger partial charge >= 0.3 is 11.7 Å². The van der Waals surface area contributed by atoms with E-state index in [4.69, 9.17) is 4.74 Å². The molecule has 0 amide bonds. The summed E-state index contributed by atoms with van der Waals surface area (Å²) in [6.45, 7) is 6.06. The van der Waals surface area contributed by atoms with Crippen molar-refractivity contribution >= 4 is 23.0 Å². The number of carbonyl (C=O) groups is 1. The van der Waals surface area contributed by atoms with Gasteiger partial charge < -0.3 is 20.1 Å². The Labute approximate surface area is 173 Å². The summed E-state index contributed by atoms with van der Waals surface area (Å²) in [6.07, 6.45) is 4.79. The van der Waals surface area contributed by atoms with Gasteiger partial charge in [0.2, 0.25) is 5.88 Å². The molecule has 1 aliphatic carbocycles. The number of aromatic amines is 1. The summed E-state index contributed by atoms with van der Waals surface area (Å²) in [5.41, 5.74) is 0.0564. The molecule has 2 heterocycles. The maximum Gasteiger partial charge on any atom is 0.348 e. The lowest BCUT2D eigenvalue weighted by molar-refractivity contribution is 0.0703. The number of thiophene rings is 1. The summed E-state index contributed by atoms with van der Waals surface area (Å²) in [4.78, 5) is 30.2. The van der Waals surface area contributed by atoms with Crippen LogP contribution in [0.3, 0.4) is 0 Å². The topological polar surface area (TPSA) is 104 Å². The summed E-state index contributed by atoms with van der Waals surface area (Å²) in [5, 5.41) is 12.9. The zero-order valence-electron chi connectivity index (χ0n) is 16.7. The number of hydrogen-bond acceptors (Lipinski definition) is 6. The molecule has 0 spiro atoms. The Morgan fingerprint density at radius 1 is 1.34 bits per heavy atom. The van der Waals surface area contributed by atoms with Crippen LogP contribution in [0.25, 0.3) is 0 Å². The Morgan fingerprint density at radius 3 is 2.69 bits per heavy atom. The highest BCUT2D eigenvalue weighted by Gasteiger charge is 2.25. The molecule has 2 aromatic heterocycles. The minimum atomic E-state index is -0.946. The molecule has 0 aromatic carbocycles. The van der Waals surface area contributed by atoms with Gasteiger partial charge in [-0.2, -0.15) is 4.98 Å². The van der Waals surface area contributed by atoms with Gasteiger partial charge in [-0.3, -0.25) is 0 Å². The van der Waals surface area contributed by atoms with Crippen LogP contribution in [-0.2, 0) is 0 Å². The molecular formula is C21H25N3O4S. The number of carboxylic acid groups (broad SMARTS) is 1. The second kappa shape index (κ2) is 8.70. The van der Waals surface area contributed by atoms with E-state index < -0.39 is 11.7 Å². The van der Waals surface area contributed by atoms with Crippen molar-refractivity contribution in [2.24, 2.45) is 5.41 Å². The van der Waals surface area contributed by atoms with Gasteiger partial charge in [-0.15, -0.1) is 11.3 Å². The van der Waals surface area contributed by atoms with Gasteiger partial charge in [0, 0.05) is 23.7 Å². The Morgan fingerprint density at radius 2 is 2.07 bits per heavy atom. The van der Waals surface area contributed by atoms with E-state index in [1.165, 1.54) is 17.5 Å². The quantitative estimate of drug-likeness (QED) is 0.643. The highest BCUT2D eigenvalue weighted by atomic mass is 32.1. The highest BCUT2D eigenvalue weighted by molar-refractivity contribution is 7.15. The van der Waals surface area contributed by atoms with Gasteiger partial charge in [0.15, 0.2) is 0 Å². The number of rotatable bonds is 5. The zero-order valence-corrected chi connectivity index (χ0v) is 17.6. The van der Waals surface area contributed by atoms with Gasteiger partial charge in [0.25, 0.3) is 0 Å². The molecular weight excluding hydrogens is 390 g/mol. The minimum Gasteiger partial charge on any atom is -0.477 e. The van der Waals surface area contributed by atoms with E-state index in [1.54, 1.807) is 6.07 Å². The Hall–Kier alpha value is -2.79. The molecule has 0 bridgehead atoms. The highest BCUT2D eigenvalue weighted by Crippen LogP contribution is 2.31. The molecule has 8 heteroatoms. The second-order valence-electron chi connectivity index (χ2n) is 8.13. The zero-order chi connectivity index (χ0) is 21.0. The van der Waals surface area contributed by atoms with Crippen LogP contribution in [0.4, 0.5) is 5.69 Å². The molecule has 29 heavy (non-hydrogen) atoms. The lowest BCUT2D eigenvalue weighted by Crippen LogP contribution is -2.32. The Balaban J connectivity index is 1.62. The van der Waals surface area contributed by atoms with Crippen LogP contribution in [0, 0.1) is 17.3 Å². The molecule has 3 rings (SSSR count).